The van der Waals surface area contributed by atoms with Crippen molar-refractivity contribution in [1.82, 2.24) is 0 Å². The minimum Gasteiger partial charge on any atom is -0.490 e. The fourth-order valence-electron chi connectivity index (χ4n) is 1.74. The van der Waals surface area contributed by atoms with Crippen LogP contribution in [0.4, 0.5) is 4.39 Å². The molecule has 1 aromatic rings. The van der Waals surface area contributed by atoms with Crippen LogP contribution in [0.5, 0.6) is 5.75 Å². The second kappa shape index (κ2) is 9.48. The number of para-hydroxylation sites is 1. The Labute approximate surface area is 134 Å². The van der Waals surface area contributed by atoms with E-state index in [1.165, 1.54) is 0 Å². The van der Waals surface area contributed by atoms with Crippen LogP contribution in [0.15, 0.2) is 42.5 Å². The van der Waals surface area contributed by atoms with Crippen LogP contribution >= 0.6 is 21.0 Å². The highest BCUT2D eigenvalue weighted by atomic mass is 32.2. The van der Waals surface area contributed by atoms with Gasteiger partial charge in [-0.3, -0.25) is 0 Å². The van der Waals surface area contributed by atoms with E-state index >= 15 is 0 Å². The van der Waals surface area contributed by atoms with Crippen LogP contribution in [0.2, 0.25) is 0 Å². The van der Waals surface area contributed by atoms with E-state index in [-0.39, 0.29) is 6.61 Å². The molecule has 0 saturated heterocycles. The molecule has 0 aliphatic heterocycles. The molecule has 0 radical (unpaired) electrons. The monoisotopic (exact) mass is 328 g/mol. The van der Waals surface area contributed by atoms with E-state index < -0.39 is 5.41 Å². The number of halogens is 1. The molecule has 21 heavy (non-hydrogen) atoms. The van der Waals surface area contributed by atoms with Crippen molar-refractivity contribution in [3.05, 3.63) is 42.5 Å². The highest BCUT2D eigenvalue weighted by Crippen LogP contribution is 2.27. The first-order chi connectivity index (χ1) is 9.94. The Bertz CT molecular complexity index is 420. The summed E-state index contributed by atoms with van der Waals surface area (Å²) < 4.78 is 20.0. The van der Waals surface area contributed by atoms with Crippen molar-refractivity contribution >= 4 is 21.0 Å². The highest BCUT2D eigenvalue weighted by molar-refractivity contribution is 8.00. The molecule has 0 heterocycles. The Morgan fingerprint density at radius 3 is 2.57 bits per heavy atom. The molecule has 0 bridgehead atoms. The minimum absolute atomic E-state index is 0.00143. The zero-order valence-corrected chi connectivity index (χ0v) is 15.1. The van der Waals surface area contributed by atoms with Gasteiger partial charge in [-0.2, -0.15) is 11.8 Å². The maximum Gasteiger partial charge on any atom is 0.175 e. The first-order valence-corrected chi connectivity index (χ1v) is 9.04. The van der Waals surface area contributed by atoms with Crippen molar-refractivity contribution in [2.45, 2.75) is 37.9 Å². The normalized spacial score (nSPS) is 16.1. The lowest BCUT2D eigenvalue weighted by Gasteiger charge is -2.20. The van der Waals surface area contributed by atoms with Crippen LogP contribution in [-0.4, -0.2) is 23.0 Å². The van der Waals surface area contributed by atoms with E-state index in [1.807, 2.05) is 48.2 Å². The van der Waals surface area contributed by atoms with E-state index in [0.29, 0.717) is 16.9 Å². The van der Waals surface area contributed by atoms with Gasteiger partial charge >= 0.3 is 0 Å². The van der Waals surface area contributed by atoms with Crippen LogP contribution in [0.25, 0.3) is 0 Å². The average Bonchev–Trinajstić information content (AvgIpc) is 2.46. The van der Waals surface area contributed by atoms with Crippen LogP contribution in [-0.2, 0) is 0 Å². The predicted molar refractivity (Wildman–Crippen MR) is 96.0 cm³/mol. The topological polar surface area (TPSA) is 9.23 Å². The summed E-state index contributed by atoms with van der Waals surface area (Å²) in [7, 11) is 2.25. The molecule has 0 saturated carbocycles. The van der Waals surface area contributed by atoms with Crippen molar-refractivity contribution < 1.29 is 9.13 Å². The largest absolute Gasteiger partial charge is 0.490 e. The summed E-state index contributed by atoms with van der Waals surface area (Å²) in [5.74, 6) is 2.29. The van der Waals surface area contributed by atoms with Crippen molar-refractivity contribution in [2.75, 3.05) is 12.4 Å². The van der Waals surface area contributed by atoms with E-state index in [4.69, 9.17) is 4.74 Å². The number of rotatable bonds is 9. The Hall–Kier alpha value is -0.530. The molecule has 0 fully saturated rings. The number of thioether (sulfide) groups is 1. The molecule has 0 aromatic heterocycles. The molecule has 0 spiro atoms. The molecule has 118 valence electrons. The Balaban J connectivity index is 2.54. The molecule has 0 N–H and O–H groups in total. The third kappa shape index (κ3) is 7.87. The fraction of sp³-hybridized carbons (Fsp3) is 0.529. The van der Waals surface area contributed by atoms with Gasteiger partial charge in [0.2, 0.25) is 0 Å². The first kappa shape index (κ1) is 18.5. The smallest absolute Gasteiger partial charge is 0.175 e. The summed E-state index contributed by atoms with van der Waals surface area (Å²) >= 11 is 1.88. The molecule has 1 aromatic carbocycles. The molecular weight excluding hydrogens is 302 g/mol. The zero-order chi connectivity index (χ0) is 15.7. The van der Waals surface area contributed by atoms with Crippen molar-refractivity contribution in [2.24, 2.45) is 5.92 Å². The summed E-state index contributed by atoms with van der Waals surface area (Å²) in [6, 6.07) is 9.33. The number of alkyl halides is 1. The molecule has 0 amide bonds. The van der Waals surface area contributed by atoms with E-state index in [2.05, 4.69) is 30.0 Å². The van der Waals surface area contributed by atoms with Gasteiger partial charge in [0.05, 0.1) is 0 Å². The lowest BCUT2D eigenvalue weighted by atomic mass is 10.1. The van der Waals surface area contributed by atoms with Crippen LogP contribution in [0, 0.1) is 5.92 Å². The van der Waals surface area contributed by atoms with Gasteiger partial charge in [0.25, 0.3) is 0 Å². The fourth-order valence-corrected chi connectivity index (χ4v) is 3.01. The first-order valence-electron chi connectivity index (χ1n) is 7.41. The molecule has 1 rings (SSSR count). The van der Waals surface area contributed by atoms with Gasteiger partial charge in [-0.1, -0.05) is 54.3 Å². The van der Waals surface area contributed by atoms with Crippen LogP contribution in [0.3, 0.4) is 0 Å². The maximum absolute atomic E-state index is 14.5. The van der Waals surface area contributed by atoms with Gasteiger partial charge < -0.3 is 4.74 Å². The van der Waals surface area contributed by atoms with Gasteiger partial charge in [-0.15, -0.1) is 0 Å². The summed E-state index contributed by atoms with van der Waals surface area (Å²) in [5, 5.41) is -1.19. The van der Waals surface area contributed by atoms with Crippen LogP contribution < -0.4 is 4.74 Å². The van der Waals surface area contributed by atoms with Crippen molar-refractivity contribution in [3.8, 4) is 5.75 Å². The van der Waals surface area contributed by atoms with Crippen molar-refractivity contribution in [1.29, 1.82) is 0 Å². The van der Waals surface area contributed by atoms with Crippen LogP contribution in [0.1, 0.15) is 27.2 Å². The molecular formula is C17H26FOPS. The Morgan fingerprint density at radius 1 is 1.33 bits per heavy atom. The van der Waals surface area contributed by atoms with Gasteiger partial charge in [0, 0.05) is 5.25 Å². The summed E-state index contributed by atoms with van der Waals surface area (Å²) in [4.78, 5) is 0. The lowest BCUT2D eigenvalue weighted by molar-refractivity contribution is 0.204. The summed E-state index contributed by atoms with van der Waals surface area (Å²) in [6.07, 6.45) is 4.74. The predicted octanol–water partition coefficient (Wildman–Crippen LogP) is 5.33. The molecule has 1 nitrogen and oxygen atoms in total. The third-order valence-corrected chi connectivity index (χ3v) is 5.03. The highest BCUT2D eigenvalue weighted by Gasteiger charge is 2.22. The standard InChI is InChI=1S/C17H26FOPS/c1-4-12-21-16(14(2)3)10-11-17(18,20)13-19-15-8-6-5-7-9-15/h5-11,14,16H,4,12-13,20H2,1-3H3/b11-10+. The maximum atomic E-state index is 14.5. The molecule has 3 unspecified atom stereocenters. The number of benzene rings is 1. The van der Waals surface area contributed by atoms with Gasteiger partial charge in [0.1, 0.15) is 12.4 Å². The Kier molecular flexibility index (Phi) is 8.36. The molecule has 4 heteroatoms. The summed E-state index contributed by atoms with van der Waals surface area (Å²) in [6.45, 7) is 6.50. The number of ether oxygens (including phenoxy) is 1. The van der Waals surface area contributed by atoms with E-state index in [0.717, 1.165) is 12.2 Å². The second-order valence-electron chi connectivity index (χ2n) is 5.47. The van der Waals surface area contributed by atoms with Gasteiger partial charge in [-0.05, 0) is 36.3 Å². The third-order valence-electron chi connectivity index (χ3n) is 2.94. The number of hydrogen-bond acceptors (Lipinski definition) is 2. The molecule has 0 aliphatic carbocycles. The molecule has 3 atom stereocenters. The zero-order valence-electron chi connectivity index (χ0n) is 13.1. The Morgan fingerprint density at radius 2 is 2.00 bits per heavy atom. The SMILES string of the molecule is CCCSC(/C=C/C(F)(P)COc1ccccc1)C(C)C. The van der Waals surface area contributed by atoms with Crippen molar-refractivity contribution in [3.63, 3.8) is 0 Å². The van der Waals surface area contributed by atoms with E-state index in [9.17, 15) is 4.39 Å². The average molecular weight is 328 g/mol. The van der Waals surface area contributed by atoms with Gasteiger partial charge in [-0.25, -0.2) is 4.39 Å². The number of hydrogen-bond donors (Lipinski definition) is 0. The quantitative estimate of drug-likeness (QED) is 0.447. The minimum atomic E-state index is -1.53. The molecule has 0 aliphatic rings. The lowest BCUT2D eigenvalue weighted by Crippen LogP contribution is -2.22. The van der Waals surface area contributed by atoms with E-state index in [1.54, 1.807) is 6.08 Å². The van der Waals surface area contributed by atoms with Gasteiger partial charge in [0.15, 0.2) is 5.41 Å². The second-order valence-corrected chi connectivity index (χ2v) is 7.71. The summed E-state index contributed by atoms with van der Waals surface area (Å²) in [5.41, 5.74) is 0.